The molecule has 0 heterocycles. The Morgan fingerprint density at radius 2 is 1.24 bits per heavy atom. The predicted octanol–water partition coefficient (Wildman–Crippen LogP) is 1.01. The Balaban J connectivity index is -0.000000218. The highest BCUT2D eigenvalue weighted by Gasteiger charge is 2.14. The minimum atomic E-state index is -4.47. The fraction of sp³-hybridized carbons (Fsp3) is 1.00. The van der Waals surface area contributed by atoms with Gasteiger partial charge in [-0.05, 0) is 27.7 Å². The second kappa shape index (κ2) is 9.19. The van der Waals surface area contributed by atoms with Gasteiger partial charge in [-0.3, -0.25) is 9.09 Å². The fourth-order valence-corrected chi connectivity index (χ4v) is 1.62. The van der Waals surface area contributed by atoms with Gasteiger partial charge >= 0.3 is 7.82 Å². The molecule has 1 atom stereocenters. The van der Waals surface area contributed by atoms with Gasteiger partial charge < -0.3 is 24.1 Å². The van der Waals surface area contributed by atoms with Gasteiger partial charge in [-0.2, -0.15) is 0 Å². The highest BCUT2D eigenvalue weighted by Crippen LogP contribution is 2.37. The molecule has 0 rings (SSSR count). The average molecular weight is 295 g/mol. The molecule has 0 spiro atoms. The van der Waals surface area contributed by atoms with Crippen LogP contribution in [0.5, 0.6) is 0 Å². The molecular formula is C7H21O8P2-. The van der Waals surface area contributed by atoms with Crippen molar-refractivity contribution in [3.8, 4) is 0 Å². The van der Waals surface area contributed by atoms with Gasteiger partial charge in [-0.1, -0.05) is 7.43 Å². The van der Waals surface area contributed by atoms with Crippen molar-refractivity contribution in [1.82, 2.24) is 0 Å². The van der Waals surface area contributed by atoms with Crippen molar-refractivity contribution in [2.24, 2.45) is 0 Å². The van der Waals surface area contributed by atoms with Crippen LogP contribution in [0.25, 0.3) is 0 Å². The third-order valence-electron chi connectivity index (χ3n) is 0.692. The largest absolute Gasteiger partial charge is 0.756 e. The number of hydrogen-bond acceptors (Lipinski definition) is 5. The van der Waals surface area contributed by atoms with Gasteiger partial charge in [0.2, 0.25) is 0 Å². The van der Waals surface area contributed by atoms with Gasteiger partial charge in [0, 0.05) is 0 Å². The lowest BCUT2D eigenvalue weighted by atomic mass is 10.5. The van der Waals surface area contributed by atoms with E-state index in [1.807, 2.05) is 0 Å². The lowest BCUT2D eigenvalue weighted by Gasteiger charge is -2.17. The summed E-state index contributed by atoms with van der Waals surface area (Å²) >= 11 is 0. The van der Waals surface area contributed by atoms with E-state index in [-0.39, 0.29) is 7.43 Å². The maximum absolute atomic E-state index is 9.91. The highest BCUT2D eigenvalue weighted by molar-refractivity contribution is 7.46. The molecule has 0 radical (unpaired) electrons. The summed E-state index contributed by atoms with van der Waals surface area (Å²) in [7, 11) is -8.69. The molecule has 8 nitrogen and oxygen atoms in total. The first-order valence-corrected chi connectivity index (χ1v) is 7.32. The van der Waals surface area contributed by atoms with Gasteiger partial charge in [-0.15, -0.1) is 0 Å². The van der Waals surface area contributed by atoms with Crippen molar-refractivity contribution in [3.05, 3.63) is 0 Å². The lowest BCUT2D eigenvalue weighted by Crippen LogP contribution is -2.08. The average Bonchev–Trinajstić information content (AvgIpc) is 1.72. The second-order valence-electron chi connectivity index (χ2n) is 3.27. The van der Waals surface area contributed by atoms with Crippen molar-refractivity contribution < 1.29 is 37.8 Å². The van der Waals surface area contributed by atoms with E-state index in [1.54, 1.807) is 13.8 Å². The Kier molecular flexibility index (Phi) is 12.1. The number of rotatable bonds is 4. The molecule has 0 aliphatic heterocycles. The monoisotopic (exact) mass is 295 g/mol. The van der Waals surface area contributed by atoms with E-state index < -0.39 is 27.9 Å². The van der Waals surface area contributed by atoms with E-state index in [0.29, 0.717) is 0 Å². The van der Waals surface area contributed by atoms with E-state index in [2.05, 4.69) is 9.05 Å². The minimum absolute atomic E-state index is 0. The Bertz CT molecular complexity index is 237. The molecule has 17 heavy (non-hydrogen) atoms. The number of hydrogen-bond donors (Lipinski definition) is 3. The number of phosphoric acid groups is 2. The van der Waals surface area contributed by atoms with Crippen molar-refractivity contribution in [3.63, 3.8) is 0 Å². The topological polar surface area (TPSA) is 136 Å². The molecular weight excluding hydrogens is 274 g/mol. The van der Waals surface area contributed by atoms with Crippen LogP contribution in [0.4, 0.5) is 0 Å². The smallest absolute Gasteiger partial charge is 0.469 e. The lowest BCUT2D eigenvalue weighted by molar-refractivity contribution is -0.222. The third kappa shape index (κ3) is 31.4. The van der Waals surface area contributed by atoms with Crippen molar-refractivity contribution in [2.45, 2.75) is 47.3 Å². The zero-order valence-corrected chi connectivity index (χ0v) is 11.2. The zero-order valence-electron chi connectivity index (χ0n) is 9.43. The summed E-state index contributed by atoms with van der Waals surface area (Å²) in [6.07, 6.45) is -0.904. The summed E-state index contributed by atoms with van der Waals surface area (Å²) in [6.45, 7) is 6.14. The molecule has 0 aromatic carbocycles. The molecule has 3 N–H and O–H groups in total. The quantitative estimate of drug-likeness (QED) is 0.653. The van der Waals surface area contributed by atoms with Crippen LogP contribution >= 0.6 is 15.6 Å². The summed E-state index contributed by atoms with van der Waals surface area (Å²) in [4.78, 5) is 33.9. The molecule has 0 bridgehead atoms. The normalized spacial score (nSPS) is 14.7. The molecule has 0 aliphatic carbocycles. The van der Waals surface area contributed by atoms with E-state index in [4.69, 9.17) is 14.7 Å². The molecule has 0 aromatic heterocycles. The molecule has 0 saturated heterocycles. The van der Waals surface area contributed by atoms with Crippen molar-refractivity contribution >= 4 is 15.6 Å². The SMILES string of the molecule is C.CC(C)OP(=O)(O)O.CC(C)OP(=O)([O-])O. The summed E-state index contributed by atoms with van der Waals surface area (Å²) in [5.41, 5.74) is 0. The van der Waals surface area contributed by atoms with Crippen LogP contribution in [0.1, 0.15) is 35.1 Å². The zero-order chi connectivity index (χ0) is 13.6. The van der Waals surface area contributed by atoms with Crippen LogP contribution in [0, 0.1) is 0 Å². The van der Waals surface area contributed by atoms with E-state index >= 15 is 0 Å². The van der Waals surface area contributed by atoms with Gasteiger partial charge in [0.15, 0.2) is 0 Å². The molecule has 0 amide bonds. The van der Waals surface area contributed by atoms with Crippen LogP contribution in [-0.2, 0) is 18.2 Å². The van der Waals surface area contributed by atoms with E-state index in [1.165, 1.54) is 13.8 Å². The van der Waals surface area contributed by atoms with Crippen molar-refractivity contribution in [2.75, 3.05) is 0 Å². The summed E-state index contributed by atoms with van der Waals surface area (Å²) < 4.78 is 27.8. The van der Waals surface area contributed by atoms with Crippen LogP contribution < -0.4 is 4.89 Å². The second-order valence-corrected chi connectivity index (χ2v) is 5.61. The highest BCUT2D eigenvalue weighted by atomic mass is 31.2. The first-order chi connectivity index (χ1) is 6.83. The van der Waals surface area contributed by atoms with Gasteiger partial charge in [0.25, 0.3) is 7.82 Å². The summed E-state index contributed by atoms with van der Waals surface area (Å²) in [5, 5.41) is 0. The van der Waals surface area contributed by atoms with Crippen molar-refractivity contribution in [1.29, 1.82) is 0 Å². The van der Waals surface area contributed by atoms with Gasteiger partial charge in [-0.25, -0.2) is 4.57 Å². The molecule has 108 valence electrons. The maximum Gasteiger partial charge on any atom is 0.469 e. The van der Waals surface area contributed by atoms with E-state index in [9.17, 15) is 14.0 Å². The molecule has 0 fully saturated rings. The standard InChI is InChI=1S/2C3H9O4P.CH4/c2*1-3(2)7-8(4,5)6;/h2*3H,1-2H3,(H2,4,5,6);1H4/p-1. The number of phosphoric ester groups is 2. The van der Waals surface area contributed by atoms with Crippen LogP contribution in [0.15, 0.2) is 0 Å². The fourth-order valence-electron chi connectivity index (χ4n) is 0.541. The molecule has 0 aliphatic rings. The first kappa shape index (κ1) is 22.4. The van der Waals surface area contributed by atoms with Crippen LogP contribution in [0.2, 0.25) is 0 Å². The molecule has 10 heteroatoms. The molecule has 0 saturated carbocycles. The minimum Gasteiger partial charge on any atom is -0.756 e. The Labute approximate surface area is 101 Å². The van der Waals surface area contributed by atoms with Gasteiger partial charge in [0.1, 0.15) is 0 Å². The summed E-state index contributed by atoms with van der Waals surface area (Å²) in [5.74, 6) is 0. The Morgan fingerprint density at radius 1 is 0.941 bits per heavy atom. The van der Waals surface area contributed by atoms with Crippen LogP contribution in [-0.4, -0.2) is 26.9 Å². The molecule has 0 aromatic rings. The first-order valence-electron chi connectivity index (χ1n) is 4.29. The van der Waals surface area contributed by atoms with Gasteiger partial charge in [0.05, 0.1) is 12.2 Å². The summed E-state index contributed by atoms with van der Waals surface area (Å²) in [6, 6.07) is 0. The van der Waals surface area contributed by atoms with E-state index in [0.717, 1.165) is 0 Å². The molecule has 1 unspecified atom stereocenters. The predicted molar refractivity (Wildman–Crippen MR) is 61.0 cm³/mol. The maximum atomic E-state index is 9.91. The van der Waals surface area contributed by atoms with Crippen LogP contribution in [0.3, 0.4) is 0 Å². The Hall–Kier alpha value is 0.220. The third-order valence-corrected chi connectivity index (χ3v) is 2.08. The Morgan fingerprint density at radius 3 is 1.24 bits per heavy atom.